The average Bonchev–Trinajstić information content (AvgIpc) is 2.77. The van der Waals surface area contributed by atoms with Gasteiger partial charge in [-0.2, -0.15) is 9.40 Å². The number of aromatic nitrogens is 2. The van der Waals surface area contributed by atoms with E-state index in [0.29, 0.717) is 26.2 Å². The minimum absolute atomic E-state index is 0.270. The van der Waals surface area contributed by atoms with E-state index in [9.17, 15) is 8.42 Å². The molecule has 0 spiro atoms. The highest BCUT2D eigenvalue weighted by molar-refractivity contribution is 7.89. The predicted molar refractivity (Wildman–Crippen MR) is 71.3 cm³/mol. The van der Waals surface area contributed by atoms with Crippen LogP contribution in [0.25, 0.3) is 0 Å². The van der Waals surface area contributed by atoms with Crippen LogP contribution in [0.1, 0.15) is 27.2 Å². The first-order chi connectivity index (χ1) is 8.87. The van der Waals surface area contributed by atoms with Crippen LogP contribution in [0.2, 0.25) is 0 Å². The highest BCUT2D eigenvalue weighted by atomic mass is 32.2. The van der Waals surface area contributed by atoms with E-state index in [2.05, 4.69) is 5.10 Å². The molecule has 0 amide bonds. The SMILES string of the molecule is CCCn1nccc1S(=O)(=O)N1CCOC(C)(C)C1. The van der Waals surface area contributed by atoms with Crippen molar-refractivity contribution in [3.05, 3.63) is 12.3 Å². The maximum atomic E-state index is 12.6. The first kappa shape index (κ1) is 14.5. The van der Waals surface area contributed by atoms with Crippen LogP contribution >= 0.6 is 0 Å². The Bertz CT molecular complexity index is 536. The minimum Gasteiger partial charge on any atom is -0.373 e. The average molecular weight is 287 g/mol. The fourth-order valence-electron chi connectivity index (χ4n) is 2.23. The zero-order valence-electron chi connectivity index (χ0n) is 11.7. The third-order valence-electron chi connectivity index (χ3n) is 3.11. The van der Waals surface area contributed by atoms with Gasteiger partial charge < -0.3 is 4.74 Å². The minimum atomic E-state index is -3.49. The van der Waals surface area contributed by atoms with Crippen LogP contribution in [-0.2, 0) is 21.3 Å². The predicted octanol–water partition coefficient (Wildman–Crippen LogP) is 1.09. The lowest BCUT2D eigenvalue weighted by Crippen LogP contribution is -2.50. The van der Waals surface area contributed by atoms with Gasteiger partial charge in [0.2, 0.25) is 0 Å². The summed E-state index contributed by atoms with van der Waals surface area (Å²) in [4.78, 5) is 0. The zero-order chi connectivity index (χ0) is 14.1. The number of hydrogen-bond acceptors (Lipinski definition) is 4. The second-order valence-electron chi connectivity index (χ2n) is 5.34. The quantitative estimate of drug-likeness (QED) is 0.831. The summed E-state index contributed by atoms with van der Waals surface area (Å²) in [5, 5.41) is 4.35. The molecule has 2 heterocycles. The molecule has 1 fully saturated rings. The molecule has 19 heavy (non-hydrogen) atoms. The van der Waals surface area contributed by atoms with Crippen molar-refractivity contribution in [2.45, 2.75) is 44.4 Å². The number of ether oxygens (including phenoxy) is 1. The van der Waals surface area contributed by atoms with Crippen molar-refractivity contribution < 1.29 is 13.2 Å². The second kappa shape index (κ2) is 5.22. The summed E-state index contributed by atoms with van der Waals surface area (Å²) in [5.41, 5.74) is -0.444. The van der Waals surface area contributed by atoms with Crippen molar-refractivity contribution >= 4 is 10.0 Å². The first-order valence-electron chi connectivity index (χ1n) is 6.53. The van der Waals surface area contributed by atoms with Crippen molar-refractivity contribution in [1.29, 1.82) is 0 Å². The summed E-state index contributed by atoms with van der Waals surface area (Å²) in [7, 11) is -3.49. The van der Waals surface area contributed by atoms with Crippen molar-refractivity contribution in [3.8, 4) is 0 Å². The van der Waals surface area contributed by atoms with Gasteiger partial charge in [-0.3, -0.25) is 4.68 Å². The van der Waals surface area contributed by atoms with Gasteiger partial charge in [0.25, 0.3) is 10.0 Å². The Labute approximate surface area is 114 Å². The van der Waals surface area contributed by atoms with E-state index in [-0.39, 0.29) is 5.03 Å². The van der Waals surface area contributed by atoms with E-state index in [4.69, 9.17) is 4.74 Å². The summed E-state index contributed by atoms with van der Waals surface area (Å²) >= 11 is 0. The van der Waals surface area contributed by atoms with Crippen molar-refractivity contribution in [2.75, 3.05) is 19.7 Å². The van der Waals surface area contributed by atoms with Gasteiger partial charge in [0.1, 0.15) is 0 Å². The van der Waals surface area contributed by atoms with E-state index in [1.54, 1.807) is 10.7 Å². The lowest BCUT2D eigenvalue weighted by atomic mass is 10.1. The Hall–Kier alpha value is -0.920. The molecule has 1 aromatic rings. The summed E-state index contributed by atoms with van der Waals surface area (Å²) in [5.74, 6) is 0. The topological polar surface area (TPSA) is 64.4 Å². The molecule has 0 unspecified atom stereocenters. The number of aryl methyl sites for hydroxylation is 1. The van der Waals surface area contributed by atoms with Crippen molar-refractivity contribution in [3.63, 3.8) is 0 Å². The first-order valence-corrected chi connectivity index (χ1v) is 7.97. The van der Waals surface area contributed by atoms with E-state index >= 15 is 0 Å². The largest absolute Gasteiger partial charge is 0.373 e. The summed E-state index contributed by atoms with van der Waals surface area (Å²) in [6.07, 6.45) is 2.38. The Kier molecular flexibility index (Phi) is 3.98. The molecule has 0 saturated carbocycles. The Balaban J connectivity index is 2.29. The van der Waals surface area contributed by atoms with Gasteiger partial charge in [0, 0.05) is 19.6 Å². The molecule has 0 bridgehead atoms. The fraction of sp³-hybridized carbons (Fsp3) is 0.750. The number of rotatable bonds is 4. The van der Waals surface area contributed by atoms with E-state index in [1.165, 1.54) is 10.5 Å². The molecule has 1 saturated heterocycles. The summed E-state index contributed by atoms with van der Waals surface area (Å²) < 4.78 is 33.9. The number of morpholine rings is 1. The number of nitrogens with zero attached hydrogens (tertiary/aromatic N) is 3. The van der Waals surface area contributed by atoms with Gasteiger partial charge in [0.05, 0.1) is 18.4 Å². The smallest absolute Gasteiger partial charge is 0.260 e. The van der Waals surface area contributed by atoms with Crippen LogP contribution in [0.3, 0.4) is 0 Å². The van der Waals surface area contributed by atoms with Gasteiger partial charge in [-0.25, -0.2) is 8.42 Å². The van der Waals surface area contributed by atoms with Gasteiger partial charge in [0.15, 0.2) is 5.03 Å². The Morgan fingerprint density at radius 2 is 2.21 bits per heavy atom. The third-order valence-corrected chi connectivity index (χ3v) is 4.97. The zero-order valence-corrected chi connectivity index (χ0v) is 12.5. The Morgan fingerprint density at radius 1 is 1.47 bits per heavy atom. The highest BCUT2D eigenvalue weighted by Gasteiger charge is 2.36. The van der Waals surface area contributed by atoms with Gasteiger partial charge >= 0.3 is 0 Å². The molecule has 0 N–H and O–H groups in total. The van der Waals surface area contributed by atoms with E-state index in [1.807, 2.05) is 20.8 Å². The molecule has 1 aliphatic heterocycles. The molecule has 2 rings (SSSR count). The van der Waals surface area contributed by atoms with Crippen LogP contribution in [0.5, 0.6) is 0 Å². The highest BCUT2D eigenvalue weighted by Crippen LogP contribution is 2.23. The van der Waals surface area contributed by atoms with Crippen LogP contribution in [0.4, 0.5) is 0 Å². The summed E-state index contributed by atoms with van der Waals surface area (Å²) in [6.45, 7) is 7.59. The monoisotopic (exact) mass is 287 g/mol. The normalized spacial score (nSPS) is 20.6. The number of hydrogen-bond donors (Lipinski definition) is 0. The molecule has 7 heteroatoms. The molecule has 108 valence electrons. The Morgan fingerprint density at radius 3 is 2.84 bits per heavy atom. The molecule has 6 nitrogen and oxygen atoms in total. The number of sulfonamides is 1. The lowest BCUT2D eigenvalue weighted by molar-refractivity contribution is -0.0641. The molecule has 1 aliphatic rings. The van der Waals surface area contributed by atoms with E-state index < -0.39 is 15.6 Å². The van der Waals surface area contributed by atoms with Crippen molar-refractivity contribution in [2.24, 2.45) is 0 Å². The molecular formula is C12H21N3O3S. The molecule has 0 aromatic carbocycles. The molecule has 0 radical (unpaired) electrons. The second-order valence-corrected chi connectivity index (χ2v) is 7.22. The maximum absolute atomic E-state index is 12.6. The van der Waals surface area contributed by atoms with Gasteiger partial charge in [-0.15, -0.1) is 0 Å². The lowest BCUT2D eigenvalue weighted by Gasteiger charge is -2.37. The standard InChI is InChI=1S/C12H21N3O3S/c1-4-7-15-11(5-6-13-15)19(16,17)14-8-9-18-12(2,3)10-14/h5-6H,4,7-10H2,1-3H3. The van der Waals surface area contributed by atoms with Crippen LogP contribution in [0, 0.1) is 0 Å². The van der Waals surface area contributed by atoms with Crippen LogP contribution in [-0.4, -0.2) is 47.8 Å². The van der Waals surface area contributed by atoms with E-state index in [0.717, 1.165) is 6.42 Å². The maximum Gasteiger partial charge on any atom is 0.260 e. The van der Waals surface area contributed by atoms with Gasteiger partial charge in [-0.05, 0) is 26.3 Å². The molecule has 1 aromatic heterocycles. The third kappa shape index (κ3) is 2.98. The van der Waals surface area contributed by atoms with Gasteiger partial charge in [-0.1, -0.05) is 6.92 Å². The fourth-order valence-corrected chi connectivity index (χ4v) is 3.93. The molecule has 0 aliphatic carbocycles. The van der Waals surface area contributed by atoms with Crippen molar-refractivity contribution in [1.82, 2.24) is 14.1 Å². The summed E-state index contributed by atoms with van der Waals surface area (Å²) in [6, 6.07) is 1.56. The van der Waals surface area contributed by atoms with Crippen LogP contribution in [0.15, 0.2) is 17.3 Å². The molecular weight excluding hydrogens is 266 g/mol. The van der Waals surface area contributed by atoms with Crippen LogP contribution < -0.4 is 0 Å². The molecule has 0 atom stereocenters.